The predicted octanol–water partition coefficient (Wildman–Crippen LogP) is 8.22. The van der Waals surface area contributed by atoms with Crippen molar-refractivity contribution in [3.05, 3.63) is 99.8 Å². The number of piperidine rings is 1. The second-order valence-corrected chi connectivity index (χ2v) is 12.9. The van der Waals surface area contributed by atoms with E-state index in [1.54, 1.807) is 4.90 Å². The van der Waals surface area contributed by atoms with E-state index in [2.05, 4.69) is 41.3 Å². The first kappa shape index (κ1) is 29.1. The number of benzene rings is 3. The van der Waals surface area contributed by atoms with Gasteiger partial charge in [0.25, 0.3) is 0 Å². The van der Waals surface area contributed by atoms with Gasteiger partial charge in [0.05, 0.1) is 6.54 Å². The molecule has 1 saturated carbocycles. The van der Waals surface area contributed by atoms with Gasteiger partial charge in [0.15, 0.2) is 5.78 Å². The highest BCUT2D eigenvalue weighted by atomic mass is 35.5. The number of carbonyl (C=O) groups is 2. The molecule has 0 unspecified atom stereocenters. The van der Waals surface area contributed by atoms with Crippen molar-refractivity contribution >= 4 is 29.0 Å². The highest BCUT2D eigenvalue weighted by Gasteiger charge is 2.38. The van der Waals surface area contributed by atoms with E-state index in [0.29, 0.717) is 40.8 Å². The molecule has 2 aliphatic heterocycles. The molecule has 0 bridgehead atoms. The molecule has 1 saturated heterocycles. The fraction of sp³-hybridized carbons (Fsp3) is 0.444. The fourth-order valence-electron chi connectivity index (χ4n) is 7.40. The summed E-state index contributed by atoms with van der Waals surface area (Å²) in [6.45, 7) is 3.31. The molecule has 220 valence electrons. The largest absolute Gasteiger partial charge is 0.308 e. The van der Waals surface area contributed by atoms with E-state index >= 15 is 0 Å². The molecule has 0 spiro atoms. The first-order chi connectivity index (χ1) is 20.4. The standard InChI is InChI=1S/C36H40ClFN2O2/c37-33-14-12-30(38)21-29(33)24-40-34-22-28(11-13-32(34)31-9-4-8-27(31)23-36(40)42)35(41)10-5-17-39-18-15-26(16-19-39)20-25-6-2-1-3-7-25/h1-3,6-7,11-14,21-22,26-27,31H,4-5,8-10,15-20,23-24H2/t27-,31-/m0/s1. The quantitative estimate of drug-likeness (QED) is 0.237. The summed E-state index contributed by atoms with van der Waals surface area (Å²) < 4.78 is 14.1. The van der Waals surface area contributed by atoms with Crippen LogP contribution in [0.25, 0.3) is 0 Å². The van der Waals surface area contributed by atoms with Gasteiger partial charge >= 0.3 is 0 Å². The van der Waals surface area contributed by atoms with Gasteiger partial charge in [0, 0.05) is 29.1 Å². The lowest BCUT2D eigenvalue weighted by Crippen LogP contribution is -2.35. The summed E-state index contributed by atoms with van der Waals surface area (Å²) in [5.74, 6) is 1.11. The van der Waals surface area contributed by atoms with Crippen LogP contribution in [0.3, 0.4) is 0 Å². The van der Waals surface area contributed by atoms with Gasteiger partial charge in [0.1, 0.15) is 5.82 Å². The average Bonchev–Trinajstić information content (AvgIpc) is 3.42. The summed E-state index contributed by atoms with van der Waals surface area (Å²) in [6, 6.07) is 21.0. The van der Waals surface area contributed by atoms with Gasteiger partial charge in [-0.15, -0.1) is 0 Å². The molecule has 42 heavy (non-hydrogen) atoms. The number of amides is 1. The molecule has 3 aliphatic rings. The topological polar surface area (TPSA) is 40.6 Å². The Balaban J connectivity index is 1.11. The SMILES string of the molecule is O=C(CCCN1CCC(Cc2ccccc2)CC1)c1ccc2c(c1)N(Cc1cc(F)ccc1Cl)C(=O)C[C@@H]1CCC[C@H]21. The van der Waals surface area contributed by atoms with Crippen LogP contribution in [0.4, 0.5) is 10.1 Å². The van der Waals surface area contributed by atoms with Crippen molar-refractivity contribution in [2.75, 3.05) is 24.5 Å². The van der Waals surface area contributed by atoms with Crippen LogP contribution in [0.2, 0.25) is 5.02 Å². The number of carbonyl (C=O) groups excluding carboxylic acids is 2. The molecule has 6 heteroatoms. The molecule has 0 radical (unpaired) electrons. The Morgan fingerprint density at radius 1 is 0.952 bits per heavy atom. The van der Waals surface area contributed by atoms with E-state index in [4.69, 9.17) is 11.6 Å². The minimum Gasteiger partial charge on any atom is -0.308 e. The smallest absolute Gasteiger partial charge is 0.227 e. The molecule has 2 fully saturated rings. The van der Waals surface area contributed by atoms with Gasteiger partial charge in [-0.05, 0) is 117 Å². The second-order valence-electron chi connectivity index (χ2n) is 12.5. The summed E-state index contributed by atoms with van der Waals surface area (Å²) >= 11 is 6.41. The van der Waals surface area contributed by atoms with Crippen LogP contribution in [-0.4, -0.2) is 36.2 Å². The Hall–Kier alpha value is -3.02. The zero-order chi connectivity index (χ0) is 29.1. The molecular weight excluding hydrogens is 547 g/mol. The van der Waals surface area contributed by atoms with Crippen molar-refractivity contribution in [2.24, 2.45) is 11.8 Å². The summed E-state index contributed by atoms with van der Waals surface area (Å²) in [7, 11) is 0. The third-order valence-electron chi connectivity index (χ3n) is 9.73. The zero-order valence-corrected chi connectivity index (χ0v) is 25.0. The lowest BCUT2D eigenvalue weighted by molar-refractivity contribution is -0.119. The van der Waals surface area contributed by atoms with Gasteiger partial charge in [0.2, 0.25) is 5.91 Å². The monoisotopic (exact) mass is 586 g/mol. The van der Waals surface area contributed by atoms with E-state index in [9.17, 15) is 14.0 Å². The van der Waals surface area contributed by atoms with Crippen molar-refractivity contribution in [1.29, 1.82) is 0 Å². The number of nitrogens with zero attached hydrogens (tertiary/aromatic N) is 2. The molecule has 3 aromatic rings. The molecule has 2 atom stereocenters. The van der Waals surface area contributed by atoms with Crippen LogP contribution in [0.15, 0.2) is 66.7 Å². The molecular formula is C36H40ClFN2O2. The highest BCUT2D eigenvalue weighted by Crippen LogP contribution is 2.48. The van der Waals surface area contributed by atoms with Crippen LogP contribution in [0.5, 0.6) is 0 Å². The third-order valence-corrected chi connectivity index (χ3v) is 10.1. The molecule has 3 aromatic carbocycles. The Morgan fingerprint density at radius 2 is 1.76 bits per heavy atom. The molecule has 2 heterocycles. The van der Waals surface area contributed by atoms with E-state index in [1.165, 1.54) is 36.6 Å². The lowest BCUT2D eigenvalue weighted by Gasteiger charge is -2.32. The van der Waals surface area contributed by atoms with E-state index in [1.807, 2.05) is 12.1 Å². The zero-order valence-electron chi connectivity index (χ0n) is 24.2. The number of fused-ring (bicyclic) bond motifs is 3. The van der Waals surface area contributed by atoms with Gasteiger partial charge in [-0.2, -0.15) is 0 Å². The average molecular weight is 587 g/mol. The van der Waals surface area contributed by atoms with Crippen molar-refractivity contribution in [3.8, 4) is 0 Å². The van der Waals surface area contributed by atoms with Crippen LogP contribution < -0.4 is 4.90 Å². The normalized spacial score (nSPS) is 21.2. The molecule has 1 amide bonds. The molecule has 4 nitrogen and oxygen atoms in total. The van der Waals surface area contributed by atoms with Gasteiger partial charge < -0.3 is 9.80 Å². The Morgan fingerprint density at radius 3 is 2.57 bits per heavy atom. The number of anilines is 1. The second kappa shape index (κ2) is 13.1. The summed E-state index contributed by atoms with van der Waals surface area (Å²) in [5, 5.41) is 0.437. The minimum absolute atomic E-state index is 0.0197. The summed E-state index contributed by atoms with van der Waals surface area (Å²) in [4.78, 5) is 31.2. The number of halogens is 2. The highest BCUT2D eigenvalue weighted by molar-refractivity contribution is 6.31. The van der Waals surface area contributed by atoms with E-state index in [-0.39, 0.29) is 24.1 Å². The number of likely N-dealkylation sites (tertiary alicyclic amines) is 1. The third kappa shape index (κ3) is 6.63. The lowest BCUT2D eigenvalue weighted by atomic mass is 9.86. The summed E-state index contributed by atoms with van der Waals surface area (Å²) in [5.41, 5.74) is 4.57. The molecule has 6 rings (SSSR count). The number of hydrogen-bond donors (Lipinski definition) is 0. The van der Waals surface area contributed by atoms with Gasteiger partial charge in [-0.3, -0.25) is 9.59 Å². The maximum absolute atomic E-state index is 14.1. The number of ketones is 1. The van der Waals surface area contributed by atoms with Crippen molar-refractivity contribution in [3.63, 3.8) is 0 Å². The number of hydrogen-bond acceptors (Lipinski definition) is 3. The fourth-order valence-corrected chi connectivity index (χ4v) is 7.58. The molecule has 0 aromatic heterocycles. The van der Waals surface area contributed by atoms with Crippen LogP contribution >= 0.6 is 11.6 Å². The van der Waals surface area contributed by atoms with E-state index < -0.39 is 0 Å². The first-order valence-corrected chi connectivity index (χ1v) is 16.0. The number of rotatable bonds is 9. The maximum atomic E-state index is 14.1. The van der Waals surface area contributed by atoms with Crippen molar-refractivity contribution < 1.29 is 14.0 Å². The molecule has 0 N–H and O–H groups in total. The Labute approximate surface area is 253 Å². The Bertz CT molecular complexity index is 1420. The molecule has 1 aliphatic carbocycles. The first-order valence-electron chi connectivity index (χ1n) is 15.6. The van der Waals surface area contributed by atoms with Gasteiger partial charge in [-0.25, -0.2) is 4.39 Å². The Kier molecular flexibility index (Phi) is 9.06. The van der Waals surface area contributed by atoms with Crippen LogP contribution in [0.1, 0.15) is 84.3 Å². The minimum atomic E-state index is -0.377. The van der Waals surface area contributed by atoms with Crippen molar-refractivity contribution in [2.45, 2.75) is 70.3 Å². The van der Waals surface area contributed by atoms with Gasteiger partial charge in [-0.1, -0.05) is 60.5 Å². The van der Waals surface area contributed by atoms with Crippen LogP contribution in [0, 0.1) is 17.7 Å². The predicted molar refractivity (Wildman–Crippen MR) is 167 cm³/mol. The summed E-state index contributed by atoms with van der Waals surface area (Å²) in [6.07, 6.45) is 8.54. The maximum Gasteiger partial charge on any atom is 0.227 e. The number of Topliss-reactive ketones (excluding diaryl/α,β-unsaturated/α-hetero) is 1. The van der Waals surface area contributed by atoms with Crippen LogP contribution in [-0.2, 0) is 17.8 Å². The van der Waals surface area contributed by atoms with Crippen molar-refractivity contribution in [1.82, 2.24) is 4.90 Å². The van der Waals surface area contributed by atoms with E-state index in [0.717, 1.165) is 68.9 Å².